The van der Waals surface area contributed by atoms with Crippen molar-refractivity contribution in [1.82, 2.24) is 4.90 Å². The van der Waals surface area contributed by atoms with Gasteiger partial charge in [0.05, 0.1) is 5.56 Å². The van der Waals surface area contributed by atoms with Crippen molar-refractivity contribution >= 4 is 12.0 Å². The Morgan fingerprint density at radius 3 is 2.73 bits per heavy atom. The van der Waals surface area contributed by atoms with Gasteiger partial charge in [0.1, 0.15) is 5.75 Å². The van der Waals surface area contributed by atoms with Crippen LogP contribution in [0.5, 0.6) is 5.75 Å². The lowest BCUT2D eigenvalue weighted by Crippen LogP contribution is -2.20. The van der Waals surface area contributed by atoms with Crippen LogP contribution in [-0.2, 0) is 0 Å². The van der Waals surface area contributed by atoms with Gasteiger partial charge in [-0.1, -0.05) is 0 Å². The monoisotopic (exact) mass is 208 g/mol. The summed E-state index contributed by atoms with van der Waals surface area (Å²) in [4.78, 5) is 12.5. The highest BCUT2D eigenvalue weighted by Crippen LogP contribution is 2.19. The van der Waals surface area contributed by atoms with Crippen LogP contribution in [-0.4, -0.2) is 43.5 Å². The Bertz CT molecular complexity index is 337. The van der Waals surface area contributed by atoms with E-state index in [-0.39, 0.29) is 5.75 Å². The molecule has 0 spiro atoms. The highest BCUT2D eigenvalue weighted by molar-refractivity contribution is 5.80. The molecule has 0 aromatic heterocycles. The maximum atomic E-state index is 10.5. The topological polar surface area (TPSA) is 52.6 Å². The van der Waals surface area contributed by atoms with Gasteiger partial charge in [-0.05, 0) is 26.2 Å². The molecule has 4 heteroatoms. The first-order valence-corrected chi connectivity index (χ1v) is 4.80. The zero-order valence-electron chi connectivity index (χ0n) is 9.03. The van der Waals surface area contributed by atoms with Crippen molar-refractivity contribution in [2.75, 3.05) is 32.5 Å². The summed E-state index contributed by atoms with van der Waals surface area (Å²) in [7, 11) is 3.99. The summed E-state index contributed by atoms with van der Waals surface area (Å²) in [6.45, 7) is 1.71. The minimum atomic E-state index is 0.0138. The molecule has 15 heavy (non-hydrogen) atoms. The van der Waals surface area contributed by atoms with Crippen LogP contribution in [0.2, 0.25) is 0 Å². The zero-order chi connectivity index (χ0) is 11.3. The van der Waals surface area contributed by atoms with Crippen LogP contribution < -0.4 is 5.32 Å². The van der Waals surface area contributed by atoms with Crippen LogP contribution in [0.4, 0.5) is 5.69 Å². The second kappa shape index (κ2) is 5.36. The van der Waals surface area contributed by atoms with Crippen molar-refractivity contribution in [2.45, 2.75) is 0 Å². The van der Waals surface area contributed by atoms with Crippen molar-refractivity contribution in [3.8, 4) is 5.75 Å². The van der Waals surface area contributed by atoms with E-state index in [4.69, 9.17) is 0 Å². The van der Waals surface area contributed by atoms with Crippen molar-refractivity contribution in [3.63, 3.8) is 0 Å². The Kier molecular flexibility index (Phi) is 4.12. The van der Waals surface area contributed by atoms with Gasteiger partial charge in [0.15, 0.2) is 6.29 Å². The first kappa shape index (κ1) is 11.5. The van der Waals surface area contributed by atoms with E-state index in [1.807, 2.05) is 14.1 Å². The number of nitrogens with zero attached hydrogens (tertiary/aromatic N) is 1. The minimum Gasteiger partial charge on any atom is -0.507 e. The normalized spacial score (nSPS) is 10.3. The Hall–Kier alpha value is -1.55. The highest BCUT2D eigenvalue weighted by Gasteiger charge is 2.00. The fraction of sp³-hybridized carbons (Fsp3) is 0.364. The molecule has 1 rings (SSSR count). The number of phenols is 1. The van der Waals surface area contributed by atoms with E-state index < -0.39 is 0 Å². The van der Waals surface area contributed by atoms with E-state index in [2.05, 4.69) is 10.2 Å². The molecule has 2 N–H and O–H groups in total. The van der Waals surface area contributed by atoms with E-state index in [0.717, 1.165) is 18.8 Å². The zero-order valence-corrected chi connectivity index (χ0v) is 9.03. The number of carbonyl (C=O) groups is 1. The van der Waals surface area contributed by atoms with E-state index in [9.17, 15) is 9.90 Å². The molecule has 0 saturated carbocycles. The molecule has 1 aromatic rings. The molecule has 0 heterocycles. The van der Waals surface area contributed by atoms with Gasteiger partial charge in [-0.3, -0.25) is 4.79 Å². The maximum Gasteiger partial charge on any atom is 0.153 e. The molecule has 82 valence electrons. The van der Waals surface area contributed by atoms with Gasteiger partial charge >= 0.3 is 0 Å². The fourth-order valence-electron chi connectivity index (χ4n) is 1.18. The van der Waals surface area contributed by atoms with Gasteiger partial charge in [-0.2, -0.15) is 0 Å². The van der Waals surface area contributed by atoms with Crippen molar-refractivity contribution in [1.29, 1.82) is 0 Å². The van der Waals surface area contributed by atoms with Gasteiger partial charge in [0, 0.05) is 24.8 Å². The highest BCUT2D eigenvalue weighted by atomic mass is 16.3. The standard InChI is InChI=1S/C11H16N2O2/c1-13(2)6-5-12-10-4-3-9(8-14)11(15)7-10/h3-4,7-8,12,15H,5-6H2,1-2H3. The molecule has 0 bridgehead atoms. The van der Waals surface area contributed by atoms with Crippen molar-refractivity contribution in [3.05, 3.63) is 23.8 Å². The SMILES string of the molecule is CN(C)CCNc1ccc(C=O)c(O)c1. The van der Waals surface area contributed by atoms with E-state index in [1.165, 1.54) is 0 Å². The van der Waals surface area contributed by atoms with Crippen LogP contribution in [0.3, 0.4) is 0 Å². The van der Waals surface area contributed by atoms with Gasteiger partial charge in [-0.25, -0.2) is 0 Å². The summed E-state index contributed by atoms with van der Waals surface area (Å²) < 4.78 is 0. The smallest absolute Gasteiger partial charge is 0.153 e. The summed E-state index contributed by atoms with van der Waals surface area (Å²) in [6.07, 6.45) is 0.638. The number of phenolic OH excluding ortho intramolecular Hbond substituents is 1. The molecule has 0 atom stereocenters. The molecular weight excluding hydrogens is 192 g/mol. The van der Waals surface area contributed by atoms with Crippen LogP contribution in [0.15, 0.2) is 18.2 Å². The first-order valence-electron chi connectivity index (χ1n) is 4.80. The van der Waals surface area contributed by atoms with Crippen LogP contribution in [0.25, 0.3) is 0 Å². The van der Waals surface area contributed by atoms with Crippen molar-refractivity contribution < 1.29 is 9.90 Å². The third kappa shape index (κ3) is 3.59. The van der Waals surface area contributed by atoms with Crippen LogP contribution in [0.1, 0.15) is 10.4 Å². The van der Waals surface area contributed by atoms with Gasteiger partial charge < -0.3 is 15.3 Å². The van der Waals surface area contributed by atoms with E-state index >= 15 is 0 Å². The molecule has 0 saturated heterocycles. The predicted molar refractivity (Wildman–Crippen MR) is 60.5 cm³/mol. The number of hydrogen-bond donors (Lipinski definition) is 2. The fourth-order valence-corrected chi connectivity index (χ4v) is 1.18. The van der Waals surface area contributed by atoms with E-state index in [0.29, 0.717) is 11.8 Å². The molecule has 0 fully saturated rings. The predicted octanol–water partition coefficient (Wildman–Crippen LogP) is 1.18. The number of aromatic hydroxyl groups is 1. The average Bonchev–Trinajstić information content (AvgIpc) is 2.17. The summed E-state index contributed by atoms with van der Waals surface area (Å²) in [5.41, 5.74) is 1.13. The van der Waals surface area contributed by atoms with Gasteiger partial charge in [0.25, 0.3) is 0 Å². The Morgan fingerprint density at radius 1 is 1.47 bits per heavy atom. The van der Waals surface area contributed by atoms with Gasteiger partial charge in [0.2, 0.25) is 0 Å². The lowest BCUT2D eigenvalue weighted by atomic mass is 10.2. The number of likely N-dealkylation sites (N-methyl/N-ethyl adjacent to an activating group) is 1. The number of rotatable bonds is 5. The number of nitrogens with one attached hydrogen (secondary N) is 1. The average molecular weight is 208 g/mol. The maximum absolute atomic E-state index is 10.5. The number of hydrogen-bond acceptors (Lipinski definition) is 4. The third-order valence-electron chi connectivity index (χ3n) is 2.05. The lowest BCUT2D eigenvalue weighted by molar-refractivity contribution is 0.112. The molecule has 0 aliphatic rings. The quantitative estimate of drug-likeness (QED) is 0.713. The van der Waals surface area contributed by atoms with Gasteiger partial charge in [-0.15, -0.1) is 0 Å². The largest absolute Gasteiger partial charge is 0.507 e. The number of carbonyl (C=O) groups excluding carboxylic acids is 1. The molecule has 0 amide bonds. The van der Waals surface area contributed by atoms with Crippen molar-refractivity contribution in [2.24, 2.45) is 0 Å². The molecule has 4 nitrogen and oxygen atoms in total. The summed E-state index contributed by atoms with van der Waals surface area (Å²) >= 11 is 0. The lowest BCUT2D eigenvalue weighted by Gasteiger charge is -2.11. The Balaban J connectivity index is 2.56. The molecular formula is C11H16N2O2. The number of anilines is 1. The minimum absolute atomic E-state index is 0.0138. The second-order valence-corrected chi connectivity index (χ2v) is 3.62. The molecule has 0 aliphatic heterocycles. The summed E-state index contributed by atoms with van der Waals surface area (Å²) in [5.74, 6) is 0.0138. The van der Waals surface area contributed by atoms with Crippen LogP contribution >= 0.6 is 0 Å². The summed E-state index contributed by atoms with van der Waals surface area (Å²) in [6, 6.07) is 4.93. The summed E-state index contributed by atoms with van der Waals surface area (Å²) in [5, 5.41) is 12.6. The van der Waals surface area contributed by atoms with E-state index in [1.54, 1.807) is 18.2 Å². The third-order valence-corrected chi connectivity index (χ3v) is 2.05. The molecule has 0 radical (unpaired) electrons. The second-order valence-electron chi connectivity index (χ2n) is 3.62. The first-order chi connectivity index (χ1) is 7.13. The van der Waals surface area contributed by atoms with Crippen LogP contribution in [0, 0.1) is 0 Å². The number of benzene rings is 1. The molecule has 0 aliphatic carbocycles. The molecule has 1 aromatic carbocycles. The Morgan fingerprint density at radius 2 is 2.20 bits per heavy atom. The molecule has 0 unspecified atom stereocenters. The Labute approximate surface area is 89.5 Å². The number of aldehydes is 1.